The molecule has 1 atom stereocenters. The van der Waals surface area contributed by atoms with Crippen LogP contribution < -0.4 is 5.32 Å². The first-order valence-electron chi connectivity index (χ1n) is 8.64. The molecule has 0 aromatic carbocycles. The molecule has 2 amide bonds. The monoisotopic (exact) mass is 344 g/mol. The Morgan fingerprint density at radius 1 is 1.09 bits per heavy atom. The second-order valence-electron chi connectivity index (χ2n) is 6.78. The molecule has 1 N–H and O–H groups in total. The van der Waals surface area contributed by atoms with E-state index < -0.39 is 9.84 Å². The van der Waals surface area contributed by atoms with Gasteiger partial charge in [0.15, 0.2) is 9.84 Å². The van der Waals surface area contributed by atoms with Gasteiger partial charge in [0.25, 0.3) is 0 Å². The van der Waals surface area contributed by atoms with Crippen molar-refractivity contribution in [1.82, 2.24) is 10.2 Å². The number of nitrogens with zero attached hydrogens (tertiary/aromatic N) is 1. The largest absolute Gasteiger partial charge is 0.352 e. The molecule has 1 saturated carbocycles. The molecule has 132 valence electrons. The highest BCUT2D eigenvalue weighted by molar-refractivity contribution is 7.91. The van der Waals surface area contributed by atoms with Crippen LogP contribution >= 0.6 is 0 Å². The number of rotatable bonds is 5. The lowest BCUT2D eigenvalue weighted by Crippen LogP contribution is -2.42. The van der Waals surface area contributed by atoms with Gasteiger partial charge in [-0.1, -0.05) is 25.7 Å². The Bertz CT molecular complexity index is 524. The fourth-order valence-electron chi connectivity index (χ4n) is 3.60. The predicted octanol–water partition coefficient (Wildman–Crippen LogP) is 1.25. The third kappa shape index (κ3) is 5.79. The van der Waals surface area contributed by atoms with Gasteiger partial charge in [-0.25, -0.2) is 8.42 Å². The van der Waals surface area contributed by atoms with Crippen molar-refractivity contribution in [2.45, 2.75) is 70.4 Å². The zero-order chi connectivity index (χ0) is 16.9. The van der Waals surface area contributed by atoms with Crippen LogP contribution in [0.4, 0.5) is 0 Å². The van der Waals surface area contributed by atoms with Gasteiger partial charge in [0.05, 0.1) is 11.5 Å². The van der Waals surface area contributed by atoms with E-state index >= 15 is 0 Å². The van der Waals surface area contributed by atoms with Gasteiger partial charge < -0.3 is 10.2 Å². The van der Waals surface area contributed by atoms with Crippen LogP contribution in [0.5, 0.6) is 0 Å². The maximum absolute atomic E-state index is 12.0. The van der Waals surface area contributed by atoms with Gasteiger partial charge in [-0.15, -0.1) is 0 Å². The van der Waals surface area contributed by atoms with Crippen LogP contribution in [0.15, 0.2) is 0 Å². The predicted molar refractivity (Wildman–Crippen MR) is 88.7 cm³/mol. The Balaban J connectivity index is 1.81. The number of amides is 2. The van der Waals surface area contributed by atoms with E-state index in [4.69, 9.17) is 0 Å². The average Bonchev–Trinajstić information content (AvgIpc) is 2.67. The van der Waals surface area contributed by atoms with Crippen molar-refractivity contribution in [2.75, 3.05) is 18.1 Å². The highest BCUT2D eigenvalue weighted by Crippen LogP contribution is 2.22. The van der Waals surface area contributed by atoms with Crippen molar-refractivity contribution in [1.29, 1.82) is 0 Å². The van der Waals surface area contributed by atoms with Crippen LogP contribution in [0.25, 0.3) is 0 Å². The fourth-order valence-corrected chi connectivity index (χ4v) is 5.27. The third-order valence-corrected chi connectivity index (χ3v) is 6.62. The van der Waals surface area contributed by atoms with Crippen LogP contribution in [-0.2, 0) is 19.4 Å². The summed E-state index contributed by atoms with van der Waals surface area (Å²) in [5.74, 6) is 0.0531. The molecule has 1 unspecified atom stereocenters. The first-order valence-corrected chi connectivity index (χ1v) is 10.5. The Hall–Kier alpha value is -1.11. The van der Waals surface area contributed by atoms with E-state index in [1.165, 1.54) is 12.8 Å². The molecule has 0 aromatic heterocycles. The molecule has 0 bridgehead atoms. The first-order chi connectivity index (χ1) is 10.9. The Labute approximate surface area is 138 Å². The van der Waals surface area contributed by atoms with Crippen molar-refractivity contribution in [2.24, 2.45) is 0 Å². The van der Waals surface area contributed by atoms with E-state index in [2.05, 4.69) is 5.32 Å². The number of hydrogen-bond donors (Lipinski definition) is 1. The summed E-state index contributed by atoms with van der Waals surface area (Å²) in [5, 5.41) is 2.79. The number of carbonyl (C=O) groups is 2. The second kappa shape index (κ2) is 8.13. The summed E-state index contributed by atoms with van der Waals surface area (Å²) in [5.41, 5.74) is 0. The number of hydrogen-bond acceptors (Lipinski definition) is 4. The van der Waals surface area contributed by atoms with Gasteiger partial charge in [-0.05, 0) is 19.3 Å². The highest BCUT2D eigenvalue weighted by Gasteiger charge is 2.29. The average molecular weight is 344 g/mol. The SMILES string of the molecule is CC(=O)N(CCC(=O)NC1CCS(=O)(=O)C1)C1CCCCCC1. The first kappa shape index (κ1) is 18.2. The molecule has 7 heteroatoms. The zero-order valence-corrected chi connectivity index (χ0v) is 14.7. The molecule has 2 aliphatic rings. The van der Waals surface area contributed by atoms with Crippen molar-refractivity contribution >= 4 is 21.7 Å². The molecule has 1 heterocycles. The summed E-state index contributed by atoms with van der Waals surface area (Å²) in [7, 11) is -2.99. The van der Waals surface area contributed by atoms with E-state index in [-0.39, 0.29) is 41.8 Å². The number of sulfone groups is 1. The molecule has 23 heavy (non-hydrogen) atoms. The van der Waals surface area contributed by atoms with Crippen LogP contribution in [0, 0.1) is 0 Å². The van der Waals surface area contributed by atoms with Crippen LogP contribution in [-0.4, -0.2) is 55.3 Å². The Morgan fingerprint density at radius 3 is 2.26 bits per heavy atom. The van der Waals surface area contributed by atoms with Gasteiger partial charge in [0.2, 0.25) is 11.8 Å². The van der Waals surface area contributed by atoms with E-state index in [0.29, 0.717) is 13.0 Å². The zero-order valence-electron chi connectivity index (χ0n) is 13.9. The highest BCUT2D eigenvalue weighted by atomic mass is 32.2. The Morgan fingerprint density at radius 2 is 1.74 bits per heavy atom. The van der Waals surface area contributed by atoms with E-state index in [9.17, 15) is 18.0 Å². The smallest absolute Gasteiger partial charge is 0.222 e. The molecule has 6 nitrogen and oxygen atoms in total. The lowest BCUT2D eigenvalue weighted by Gasteiger charge is -2.30. The molecule has 1 saturated heterocycles. The topological polar surface area (TPSA) is 83.6 Å². The molecule has 0 spiro atoms. The van der Waals surface area contributed by atoms with Gasteiger partial charge in [0.1, 0.15) is 0 Å². The molecular formula is C16H28N2O4S. The standard InChI is InChI=1S/C16H28N2O4S/c1-13(19)18(15-6-4-2-3-5-7-15)10-8-16(20)17-14-9-11-23(21,22)12-14/h14-15H,2-12H2,1H3,(H,17,20). The lowest BCUT2D eigenvalue weighted by atomic mass is 10.1. The minimum atomic E-state index is -2.99. The molecule has 2 fully saturated rings. The van der Waals surface area contributed by atoms with Crippen LogP contribution in [0.3, 0.4) is 0 Å². The maximum Gasteiger partial charge on any atom is 0.222 e. The minimum Gasteiger partial charge on any atom is -0.352 e. The number of nitrogens with one attached hydrogen (secondary N) is 1. The molecule has 0 aromatic rings. The van der Waals surface area contributed by atoms with Gasteiger partial charge in [0, 0.05) is 32.0 Å². The molecule has 2 rings (SSSR count). The molecule has 1 aliphatic carbocycles. The molecule has 1 aliphatic heterocycles. The van der Waals surface area contributed by atoms with Crippen molar-refractivity contribution < 1.29 is 18.0 Å². The number of carbonyl (C=O) groups excluding carboxylic acids is 2. The van der Waals surface area contributed by atoms with Gasteiger partial charge in [-0.3, -0.25) is 9.59 Å². The van der Waals surface area contributed by atoms with Crippen molar-refractivity contribution in [3.8, 4) is 0 Å². The van der Waals surface area contributed by atoms with Crippen LogP contribution in [0.1, 0.15) is 58.3 Å². The van der Waals surface area contributed by atoms with Crippen LogP contribution in [0.2, 0.25) is 0 Å². The van der Waals surface area contributed by atoms with Crippen molar-refractivity contribution in [3.63, 3.8) is 0 Å². The maximum atomic E-state index is 12.0. The molecule has 0 radical (unpaired) electrons. The minimum absolute atomic E-state index is 0.0214. The summed E-state index contributed by atoms with van der Waals surface area (Å²) in [6.45, 7) is 1.98. The summed E-state index contributed by atoms with van der Waals surface area (Å²) in [4.78, 5) is 25.8. The fraction of sp³-hybridized carbons (Fsp3) is 0.875. The lowest BCUT2D eigenvalue weighted by molar-refractivity contribution is -0.132. The summed E-state index contributed by atoms with van der Waals surface area (Å²) >= 11 is 0. The quantitative estimate of drug-likeness (QED) is 0.761. The Kier molecular flexibility index (Phi) is 6.44. The van der Waals surface area contributed by atoms with Gasteiger partial charge >= 0.3 is 0 Å². The summed E-state index contributed by atoms with van der Waals surface area (Å²) < 4.78 is 22.8. The van der Waals surface area contributed by atoms with E-state index in [1.54, 1.807) is 6.92 Å². The van der Waals surface area contributed by atoms with Gasteiger partial charge in [-0.2, -0.15) is 0 Å². The summed E-state index contributed by atoms with van der Waals surface area (Å²) in [6.07, 6.45) is 7.49. The van der Waals surface area contributed by atoms with E-state index in [1.807, 2.05) is 4.90 Å². The normalized spacial score (nSPS) is 24.8. The van der Waals surface area contributed by atoms with Crippen molar-refractivity contribution in [3.05, 3.63) is 0 Å². The van der Waals surface area contributed by atoms with E-state index in [0.717, 1.165) is 25.7 Å². The molecular weight excluding hydrogens is 316 g/mol. The third-order valence-electron chi connectivity index (χ3n) is 4.85. The summed E-state index contributed by atoms with van der Waals surface area (Å²) in [6, 6.07) is -0.0224. The second-order valence-corrected chi connectivity index (χ2v) is 9.00.